The van der Waals surface area contributed by atoms with Gasteiger partial charge in [0.1, 0.15) is 6.04 Å². The lowest BCUT2D eigenvalue weighted by Crippen LogP contribution is -2.55. The van der Waals surface area contributed by atoms with Crippen LogP contribution in [0.4, 0.5) is 0 Å². The number of benzene rings is 1. The molecule has 1 aromatic carbocycles. The van der Waals surface area contributed by atoms with E-state index in [4.69, 9.17) is 28.7 Å². The Kier molecular flexibility index (Phi) is 6.99. The van der Waals surface area contributed by atoms with Crippen molar-refractivity contribution in [1.82, 2.24) is 10.2 Å². The molecular weight excluding hydrogens is 394 g/mol. The summed E-state index contributed by atoms with van der Waals surface area (Å²) in [6.07, 6.45) is 0. The van der Waals surface area contributed by atoms with Crippen LogP contribution in [0.3, 0.4) is 0 Å². The molecule has 0 spiro atoms. The van der Waals surface area contributed by atoms with Gasteiger partial charge in [-0.25, -0.2) is 4.99 Å². The summed E-state index contributed by atoms with van der Waals surface area (Å²) in [5, 5.41) is 2.75. The molecule has 1 aromatic rings. The third-order valence-electron chi connectivity index (χ3n) is 4.97. The van der Waals surface area contributed by atoms with Crippen LogP contribution in [0.15, 0.2) is 17.1 Å². The highest BCUT2D eigenvalue weighted by atomic mass is 16.5. The number of methoxy groups -OCH3 is 3. The lowest BCUT2D eigenvalue weighted by atomic mass is 9.91. The van der Waals surface area contributed by atoms with Crippen LogP contribution in [-0.2, 0) is 19.1 Å². The smallest absolute Gasteiger partial charge is 0.321 e. The molecular formula is C20H27N3O7. The number of nitrogens with one attached hydrogen (secondary N) is 1. The zero-order chi connectivity index (χ0) is 21.7. The molecule has 2 atom stereocenters. The number of hydrogen-bond acceptors (Lipinski definition) is 9. The Balaban J connectivity index is 2.09. The van der Waals surface area contributed by atoms with Crippen LogP contribution < -0.4 is 19.5 Å². The van der Waals surface area contributed by atoms with E-state index in [1.54, 1.807) is 19.1 Å². The van der Waals surface area contributed by atoms with E-state index in [0.29, 0.717) is 55.1 Å². The van der Waals surface area contributed by atoms with E-state index in [9.17, 15) is 9.59 Å². The molecule has 2 unspecified atom stereocenters. The molecule has 2 aliphatic rings. The van der Waals surface area contributed by atoms with Gasteiger partial charge in [0.2, 0.25) is 17.6 Å². The van der Waals surface area contributed by atoms with Crippen LogP contribution in [0.2, 0.25) is 0 Å². The Morgan fingerprint density at radius 2 is 1.80 bits per heavy atom. The number of carbonyl (C=O) groups excluding carboxylic acids is 2. The van der Waals surface area contributed by atoms with Crippen molar-refractivity contribution in [2.75, 3.05) is 54.2 Å². The normalized spacial score (nSPS) is 21.4. The maximum absolute atomic E-state index is 12.9. The van der Waals surface area contributed by atoms with E-state index >= 15 is 0 Å². The van der Waals surface area contributed by atoms with Crippen molar-refractivity contribution in [2.45, 2.75) is 13.0 Å². The van der Waals surface area contributed by atoms with Gasteiger partial charge in [-0.05, 0) is 24.6 Å². The fourth-order valence-corrected chi connectivity index (χ4v) is 3.51. The van der Waals surface area contributed by atoms with Crippen LogP contribution in [0.25, 0.3) is 0 Å². The molecule has 2 heterocycles. The van der Waals surface area contributed by atoms with E-state index in [-0.39, 0.29) is 6.61 Å². The van der Waals surface area contributed by atoms with Gasteiger partial charge in [0.25, 0.3) is 0 Å². The fraction of sp³-hybridized carbons (Fsp3) is 0.550. The molecule has 10 nitrogen and oxygen atoms in total. The largest absolute Gasteiger partial charge is 0.493 e. The third-order valence-corrected chi connectivity index (χ3v) is 4.97. The molecule has 10 heteroatoms. The van der Waals surface area contributed by atoms with E-state index in [0.717, 1.165) is 0 Å². The standard InChI is InChI=1S/C20H27N3O7/c1-5-30-19(25)15-16(12-10-13(26-2)17(28-4)14(11-12)27-3)21-20(22-18(15)24)23-6-8-29-9-7-23/h10-11,15-16H,5-9H2,1-4H3,(H,21,22,24). The van der Waals surface area contributed by atoms with Gasteiger partial charge in [0, 0.05) is 13.1 Å². The molecule has 3 rings (SSSR count). The summed E-state index contributed by atoms with van der Waals surface area (Å²) < 4.78 is 26.8. The molecule has 0 aromatic heterocycles. The Bertz CT molecular complexity index is 796. The number of morpholine rings is 1. The molecule has 1 amide bonds. The van der Waals surface area contributed by atoms with Crippen molar-refractivity contribution in [1.29, 1.82) is 0 Å². The number of ether oxygens (including phenoxy) is 5. The van der Waals surface area contributed by atoms with Crippen LogP contribution >= 0.6 is 0 Å². The Morgan fingerprint density at radius 3 is 2.33 bits per heavy atom. The molecule has 1 fully saturated rings. The number of esters is 1. The van der Waals surface area contributed by atoms with E-state index in [1.165, 1.54) is 21.3 Å². The van der Waals surface area contributed by atoms with E-state index < -0.39 is 23.8 Å². The van der Waals surface area contributed by atoms with Crippen molar-refractivity contribution in [2.24, 2.45) is 10.9 Å². The number of rotatable bonds is 6. The second-order valence-corrected chi connectivity index (χ2v) is 6.67. The minimum absolute atomic E-state index is 0.157. The summed E-state index contributed by atoms with van der Waals surface area (Å²) in [5.41, 5.74) is 0.572. The number of carbonyl (C=O) groups is 2. The predicted molar refractivity (Wildman–Crippen MR) is 107 cm³/mol. The molecule has 0 radical (unpaired) electrons. The highest BCUT2D eigenvalue weighted by Crippen LogP contribution is 2.42. The lowest BCUT2D eigenvalue weighted by Gasteiger charge is -2.35. The zero-order valence-corrected chi connectivity index (χ0v) is 17.6. The van der Waals surface area contributed by atoms with Gasteiger partial charge in [0.15, 0.2) is 17.4 Å². The molecule has 2 aliphatic heterocycles. The van der Waals surface area contributed by atoms with Gasteiger partial charge in [-0.2, -0.15) is 0 Å². The molecule has 0 aliphatic carbocycles. The number of nitrogens with zero attached hydrogens (tertiary/aromatic N) is 2. The van der Waals surface area contributed by atoms with Gasteiger partial charge in [0.05, 0.1) is 41.2 Å². The first-order valence-corrected chi connectivity index (χ1v) is 9.71. The second kappa shape index (κ2) is 9.66. The Labute approximate surface area is 175 Å². The first-order valence-electron chi connectivity index (χ1n) is 9.71. The first kappa shape index (κ1) is 21.7. The van der Waals surface area contributed by atoms with Gasteiger partial charge in [-0.1, -0.05) is 0 Å². The average molecular weight is 421 g/mol. The topological polar surface area (TPSA) is 108 Å². The van der Waals surface area contributed by atoms with Gasteiger partial charge in [-0.15, -0.1) is 0 Å². The lowest BCUT2D eigenvalue weighted by molar-refractivity contribution is -0.153. The zero-order valence-electron chi connectivity index (χ0n) is 17.6. The third kappa shape index (κ3) is 4.28. The quantitative estimate of drug-likeness (QED) is 0.530. The van der Waals surface area contributed by atoms with Crippen molar-refractivity contribution in [3.63, 3.8) is 0 Å². The monoisotopic (exact) mass is 421 g/mol. The number of hydrogen-bond donors (Lipinski definition) is 1. The van der Waals surface area contributed by atoms with Crippen molar-refractivity contribution in [3.05, 3.63) is 17.7 Å². The van der Waals surface area contributed by atoms with Crippen molar-refractivity contribution >= 4 is 17.8 Å². The molecule has 0 bridgehead atoms. The predicted octanol–water partition coefficient (Wildman–Crippen LogP) is 0.751. The Hall–Kier alpha value is -3.01. The summed E-state index contributed by atoms with van der Waals surface area (Å²) in [5.74, 6) is -0.622. The van der Waals surface area contributed by atoms with Crippen molar-refractivity contribution in [3.8, 4) is 17.2 Å². The summed E-state index contributed by atoms with van der Waals surface area (Å²) in [6, 6.07) is 2.57. The average Bonchev–Trinajstić information content (AvgIpc) is 2.78. The van der Waals surface area contributed by atoms with Crippen LogP contribution in [0.5, 0.6) is 17.2 Å². The summed E-state index contributed by atoms with van der Waals surface area (Å²) in [4.78, 5) is 32.2. The molecule has 164 valence electrons. The first-order chi connectivity index (χ1) is 14.5. The summed E-state index contributed by atoms with van der Waals surface area (Å²) in [6.45, 7) is 4.09. The Morgan fingerprint density at radius 1 is 1.17 bits per heavy atom. The van der Waals surface area contributed by atoms with Crippen LogP contribution in [0.1, 0.15) is 18.5 Å². The van der Waals surface area contributed by atoms with Crippen molar-refractivity contribution < 1.29 is 33.3 Å². The fourth-order valence-electron chi connectivity index (χ4n) is 3.51. The maximum atomic E-state index is 12.9. The van der Waals surface area contributed by atoms with E-state index in [1.807, 2.05) is 4.90 Å². The number of amides is 1. The summed E-state index contributed by atoms with van der Waals surface area (Å²) in [7, 11) is 4.50. The molecule has 30 heavy (non-hydrogen) atoms. The maximum Gasteiger partial charge on any atom is 0.321 e. The molecule has 1 saturated heterocycles. The number of guanidine groups is 1. The second-order valence-electron chi connectivity index (χ2n) is 6.67. The van der Waals surface area contributed by atoms with Crippen LogP contribution in [0, 0.1) is 5.92 Å². The highest BCUT2D eigenvalue weighted by molar-refractivity contribution is 6.08. The minimum Gasteiger partial charge on any atom is -0.493 e. The molecule has 1 N–H and O–H groups in total. The SMILES string of the molecule is CCOC(=O)C1C(=O)NC(N2CCOCC2)=NC1c1cc(OC)c(OC)c(OC)c1. The summed E-state index contributed by atoms with van der Waals surface area (Å²) >= 11 is 0. The van der Waals surface area contributed by atoms with Crippen LogP contribution in [-0.4, -0.2) is 77.0 Å². The number of aliphatic imine (C=N–C) groups is 1. The van der Waals surface area contributed by atoms with Gasteiger partial charge < -0.3 is 28.6 Å². The highest BCUT2D eigenvalue weighted by Gasteiger charge is 2.42. The minimum atomic E-state index is -1.14. The van der Waals surface area contributed by atoms with Gasteiger partial charge in [-0.3, -0.25) is 14.9 Å². The van der Waals surface area contributed by atoms with Gasteiger partial charge >= 0.3 is 5.97 Å². The van der Waals surface area contributed by atoms with E-state index in [2.05, 4.69) is 5.32 Å². The molecule has 0 saturated carbocycles.